The number of carbonyl (C=O) groups excluding carboxylic acids is 1. The fourth-order valence-corrected chi connectivity index (χ4v) is 1.48. The third-order valence-corrected chi connectivity index (χ3v) is 2.50. The number of halogens is 1. The Balaban J connectivity index is 2.75. The average molecular weight is 241 g/mol. The first-order valence-electron chi connectivity index (χ1n) is 5.44. The Labute approximate surface area is 102 Å². The molecule has 0 bridgehead atoms. The quantitative estimate of drug-likeness (QED) is 0.732. The van der Waals surface area contributed by atoms with Crippen molar-refractivity contribution in [1.82, 2.24) is 0 Å². The average Bonchev–Trinajstić information content (AvgIpc) is 2.19. The van der Waals surface area contributed by atoms with E-state index in [0.29, 0.717) is 23.8 Å². The molecule has 0 aliphatic rings. The maximum Gasteiger partial charge on any atom is 0.256 e. The highest BCUT2D eigenvalue weighted by Gasteiger charge is 2.10. The van der Waals surface area contributed by atoms with Crippen LogP contribution in [0.5, 0.6) is 5.75 Å². The molecule has 0 unspecified atom stereocenters. The van der Waals surface area contributed by atoms with Gasteiger partial charge >= 0.3 is 0 Å². The molecule has 16 heavy (non-hydrogen) atoms. The van der Waals surface area contributed by atoms with Gasteiger partial charge in [-0.15, -0.1) is 0 Å². The first kappa shape index (κ1) is 13.0. The van der Waals surface area contributed by atoms with E-state index in [1.165, 1.54) is 0 Å². The van der Waals surface area contributed by atoms with Crippen LogP contribution in [0, 0.1) is 12.8 Å². The van der Waals surface area contributed by atoms with Crippen molar-refractivity contribution >= 4 is 16.8 Å². The van der Waals surface area contributed by atoms with Gasteiger partial charge in [0.05, 0.1) is 12.2 Å². The largest absolute Gasteiger partial charge is 0.493 e. The van der Waals surface area contributed by atoms with Crippen molar-refractivity contribution in [3.8, 4) is 5.75 Å². The second kappa shape index (κ2) is 5.90. The standard InChI is InChI=1S/C13H17ClO2/c1-9(2)6-7-16-12-5-4-10(3)8-11(12)13(14)15/h4-5,8-9H,6-7H2,1-3H3. The molecule has 0 radical (unpaired) electrons. The Morgan fingerprint density at radius 3 is 2.69 bits per heavy atom. The number of rotatable bonds is 5. The Hall–Kier alpha value is -1.02. The van der Waals surface area contributed by atoms with Crippen LogP contribution in [0.25, 0.3) is 0 Å². The van der Waals surface area contributed by atoms with Gasteiger partial charge < -0.3 is 4.74 Å². The number of ether oxygens (including phenoxy) is 1. The van der Waals surface area contributed by atoms with Crippen LogP contribution in [0.3, 0.4) is 0 Å². The van der Waals surface area contributed by atoms with Crippen molar-refractivity contribution in [1.29, 1.82) is 0 Å². The van der Waals surface area contributed by atoms with E-state index in [4.69, 9.17) is 16.3 Å². The van der Waals surface area contributed by atoms with Crippen molar-refractivity contribution in [2.75, 3.05) is 6.61 Å². The van der Waals surface area contributed by atoms with Gasteiger partial charge in [0.2, 0.25) is 0 Å². The SMILES string of the molecule is Cc1ccc(OCCC(C)C)c(C(=O)Cl)c1. The summed E-state index contributed by atoms with van der Waals surface area (Å²) in [5, 5.41) is -0.469. The number of carbonyl (C=O) groups is 1. The van der Waals surface area contributed by atoms with Gasteiger partial charge in [-0.3, -0.25) is 4.79 Å². The van der Waals surface area contributed by atoms with E-state index in [-0.39, 0.29) is 0 Å². The predicted octanol–water partition coefficient (Wildman–Crippen LogP) is 3.80. The summed E-state index contributed by atoms with van der Waals surface area (Å²) < 4.78 is 5.56. The molecule has 0 fully saturated rings. The number of benzene rings is 1. The van der Waals surface area contributed by atoms with Crippen molar-refractivity contribution in [2.45, 2.75) is 27.2 Å². The fourth-order valence-electron chi connectivity index (χ4n) is 1.33. The van der Waals surface area contributed by atoms with Gasteiger partial charge in [0.25, 0.3) is 5.24 Å². The maximum absolute atomic E-state index is 11.2. The minimum atomic E-state index is -0.469. The van der Waals surface area contributed by atoms with Crippen LogP contribution >= 0.6 is 11.6 Å². The third-order valence-electron chi connectivity index (χ3n) is 2.30. The van der Waals surface area contributed by atoms with Crippen LogP contribution in [0.2, 0.25) is 0 Å². The van der Waals surface area contributed by atoms with E-state index in [9.17, 15) is 4.79 Å². The highest BCUT2D eigenvalue weighted by atomic mass is 35.5. The van der Waals surface area contributed by atoms with E-state index in [0.717, 1.165) is 12.0 Å². The molecule has 0 aromatic heterocycles. The molecule has 1 aromatic carbocycles. The summed E-state index contributed by atoms with van der Waals surface area (Å²) in [6, 6.07) is 5.46. The minimum absolute atomic E-state index is 0.449. The number of hydrogen-bond acceptors (Lipinski definition) is 2. The van der Waals surface area contributed by atoms with E-state index in [2.05, 4.69) is 13.8 Å². The van der Waals surface area contributed by atoms with Crippen LogP contribution in [0.1, 0.15) is 36.2 Å². The lowest BCUT2D eigenvalue weighted by Gasteiger charge is -2.11. The topological polar surface area (TPSA) is 26.3 Å². The van der Waals surface area contributed by atoms with Gasteiger partial charge in [-0.2, -0.15) is 0 Å². The minimum Gasteiger partial charge on any atom is -0.493 e. The predicted molar refractivity (Wildman–Crippen MR) is 66.3 cm³/mol. The van der Waals surface area contributed by atoms with E-state index in [1.54, 1.807) is 12.1 Å². The van der Waals surface area contributed by atoms with Crippen LogP contribution in [0.15, 0.2) is 18.2 Å². The number of hydrogen-bond donors (Lipinski definition) is 0. The first-order chi connectivity index (χ1) is 7.50. The Morgan fingerprint density at radius 2 is 2.12 bits per heavy atom. The maximum atomic E-state index is 11.2. The van der Waals surface area contributed by atoms with Gasteiger partial charge in [-0.05, 0) is 43.0 Å². The van der Waals surface area contributed by atoms with Gasteiger partial charge in [-0.1, -0.05) is 25.5 Å². The Kier molecular flexibility index (Phi) is 4.81. The molecule has 0 saturated heterocycles. The lowest BCUT2D eigenvalue weighted by Crippen LogP contribution is -2.04. The molecule has 0 amide bonds. The monoisotopic (exact) mass is 240 g/mol. The Bertz CT molecular complexity index is 372. The van der Waals surface area contributed by atoms with Crippen molar-refractivity contribution in [3.05, 3.63) is 29.3 Å². The molecular formula is C13H17ClO2. The molecule has 0 heterocycles. The number of aryl methyl sites for hydroxylation is 1. The molecule has 2 nitrogen and oxygen atoms in total. The lowest BCUT2D eigenvalue weighted by molar-refractivity contribution is 0.107. The summed E-state index contributed by atoms with van der Waals surface area (Å²) in [6.45, 7) is 6.79. The van der Waals surface area contributed by atoms with Crippen LogP contribution in [-0.4, -0.2) is 11.8 Å². The van der Waals surface area contributed by atoms with E-state index in [1.807, 2.05) is 13.0 Å². The molecule has 0 N–H and O–H groups in total. The molecule has 1 aromatic rings. The fraction of sp³-hybridized carbons (Fsp3) is 0.462. The van der Waals surface area contributed by atoms with Gasteiger partial charge in [0.1, 0.15) is 5.75 Å². The molecule has 0 atom stereocenters. The molecule has 88 valence electrons. The molecule has 1 rings (SSSR count). The zero-order valence-electron chi connectivity index (χ0n) is 9.92. The van der Waals surface area contributed by atoms with E-state index >= 15 is 0 Å². The second-order valence-corrected chi connectivity index (χ2v) is 4.65. The van der Waals surface area contributed by atoms with Gasteiger partial charge in [0.15, 0.2) is 0 Å². The van der Waals surface area contributed by atoms with Crippen LogP contribution in [0.4, 0.5) is 0 Å². The highest BCUT2D eigenvalue weighted by molar-refractivity contribution is 6.68. The molecule has 0 aliphatic carbocycles. The van der Waals surface area contributed by atoms with Crippen molar-refractivity contribution < 1.29 is 9.53 Å². The van der Waals surface area contributed by atoms with Crippen molar-refractivity contribution in [3.63, 3.8) is 0 Å². The molecular weight excluding hydrogens is 224 g/mol. The summed E-state index contributed by atoms with van der Waals surface area (Å²) in [5.74, 6) is 1.16. The molecule has 0 spiro atoms. The smallest absolute Gasteiger partial charge is 0.256 e. The zero-order valence-corrected chi connectivity index (χ0v) is 10.7. The lowest BCUT2D eigenvalue weighted by atomic mass is 10.1. The van der Waals surface area contributed by atoms with Crippen LogP contribution < -0.4 is 4.74 Å². The highest BCUT2D eigenvalue weighted by Crippen LogP contribution is 2.22. The second-order valence-electron chi connectivity index (χ2n) is 4.30. The summed E-state index contributed by atoms with van der Waals surface area (Å²) in [6.07, 6.45) is 0.962. The molecule has 0 aliphatic heterocycles. The summed E-state index contributed by atoms with van der Waals surface area (Å²) in [7, 11) is 0. The molecule has 3 heteroatoms. The normalized spacial score (nSPS) is 10.6. The summed E-state index contributed by atoms with van der Waals surface area (Å²) in [4.78, 5) is 11.2. The van der Waals surface area contributed by atoms with E-state index < -0.39 is 5.24 Å². The first-order valence-corrected chi connectivity index (χ1v) is 5.81. The zero-order chi connectivity index (χ0) is 12.1. The molecule has 0 saturated carbocycles. The van der Waals surface area contributed by atoms with Gasteiger partial charge in [-0.25, -0.2) is 0 Å². The van der Waals surface area contributed by atoms with Crippen LogP contribution in [-0.2, 0) is 0 Å². The summed E-state index contributed by atoms with van der Waals surface area (Å²) >= 11 is 5.50. The summed E-state index contributed by atoms with van der Waals surface area (Å²) in [5.41, 5.74) is 1.45. The Morgan fingerprint density at radius 1 is 1.44 bits per heavy atom. The van der Waals surface area contributed by atoms with Crippen molar-refractivity contribution in [2.24, 2.45) is 5.92 Å². The van der Waals surface area contributed by atoms with Gasteiger partial charge in [0, 0.05) is 0 Å². The third kappa shape index (κ3) is 3.86.